The highest BCUT2D eigenvalue weighted by Gasteiger charge is 2.16. The van der Waals surface area contributed by atoms with Gasteiger partial charge >= 0.3 is 0 Å². The van der Waals surface area contributed by atoms with Gasteiger partial charge in [0.25, 0.3) is 0 Å². The number of benzene rings is 1. The summed E-state index contributed by atoms with van der Waals surface area (Å²) < 4.78 is 18.9. The lowest BCUT2D eigenvalue weighted by atomic mass is 9.98. The van der Waals surface area contributed by atoms with Crippen molar-refractivity contribution in [1.29, 1.82) is 0 Å². The number of rotatable bonds is 3. The molecule has 90 valence electrons. The Hall–Kier alpha value is -1.61. The molecule has 0 fully saturated rings. The van der Waals surface area contributed by atoms with Crippen molar-refractivity contribution in [2.45, 2.75) is 19.9 Å². The highest BCUT2D eigenvalue weighted by Crippen LogP contribution is 2.26. The van der Waals surface area contributed by atoms with Gasteiger partial charge in [-0.25, -0.2) is 4.39 Å². The van der Waals surface area contributed by atoms with Crippen molar-refractivity contribution < 1.29 is 8.81 Å². The van der Waals surface area contributed by atoms with Crippen LogP contribution in [0.3, 0.4) is 0 Å². The molecule has 2 rings (SSSR count). The molecule has 1 N–H and O–H groups in total. The summed E-state index contributed by atoms with van der Waals surface area (Å²) in [6.07, 6.45) is 1.65. The first kappa shape index (κ1) is 11.9. The van der Waals surface area contributed by atoms with Gasteiger partial charge in [-0.05, 0) is 44.2 Å². The highest BCUT2D eigenvalue weighted by atomic mass is 19.1. The third-order valence-electron chi connectivity index (χ3n) is 3.03. The summed E-state index contributed by atoms with van der Waals surface area (Å²) >= 11 is 0. The predicted molar refractivity (Wildman–Crippen MR) is 65.5 cm³/mol. The van der Waals surface area contributed by atoms with Crippen LogP contribution < -0.4 is 5.32 Å². The van der Waals surface area contributed by atoms with E-state index < -0.39 is 0 Å². The molecule has 1 atom stereocenters. The van der Waals surface area contributed by atoms with Crippen molar-refractivity contribution in [3.63, 3.8) is 0 Å². The van der Waals surface area contributed by atoms with Crippen molar-refractivity contribution in [2.75, 3.05) is 7.05 Å². The zero-order chi connectivity index (χ0) is 12.4. The van der Waals surface area contributed by atoms with Crippen LogP contribution in [0.4, 0.5) is 4.39 Å². The van der Waals surface area contributed by atoms with E-state index in [-0.39, 0.29) is 11.9 Å². The first-order chi connectivity index (χ1) is 8.13. The van der Waals surface area contributed by atoms with Crippen LogP contribution in [0.5, 0.6) is 0 Å². The summed E-state index contributed by atoms with van der Waals surface area (Å²) in [4.78, 5) is 0. The summed E-state index contributed by atoms with van der Waals surface area (Å²) in [5, 5.41) is 3.18. The van der Waals surface area contributed by atoms with E-state index in [1.54, 1.807) is 25.3 Å². The van der Waals surface area contributed by atoms with E-state index in [0.717, 1.165) is 16.9 Å². The van der Waals surface area contributed by atoms with Crippen LogP contribution in [0.1, 0.15) is 28.5 Å². The van der Waals surface area contributed by atoms with Gasteiger partial charge in [0.05, 0.1) is 12.3 Å². The third kappa shape index (κ3) is 2.24. The van der Waals surface area contributed by atoms with Crippen LogP contribution in [0.2, 0.25) is 0 Å². The van der Waals surface area contributed by atoms with Gasteiger partial charge in [0, 0.05) is 5.56 Å². The molecule has 0 aliphatic rings. The fourth-order valence-electron chi connectivity index (χ4n) is 1.98. The second-order valence-corrected chi connectivity index (χ2v) is 4.16. The molecular weight excluding hydrogens is 217 g/mol. The fourth-order valence-corrected chi connectivity index (χ4v) is 1.98. The van der Waals surface area contributed by atoms with Gasteiger partial charge in [0.15, 0.2) is 0 Å². The molecule has 17 heavy (non-hydrogen) atoms. The maximum Gasteiger partial charge on any atom is 0.126 e. The minimum atomic E-state index is -0.177. The first-order valence-electron chi connectivity index (χ1n) is 5.60. The molecule has 0 spiro atoms. The molecule has 0 aliphatic heterocycles. The van der Waals surface area contributed by atoms with Crippen molar-refractivity contribution >= 4 is 0 Å². The van der Waals surface area contributed by atoms with Crippen LogP contribution in [-0.2, 0) is 0 Å². The second-order valence-electron chi connectivity index (χ2n) is 4.16. The normalized spacial score (nSPS) is 12.7. The Labute approximate surface area is 100 Å². The van der Waals surface area contributed by atoms with Crippen molar-refractivity contribution in [3.05, 3.63) is 58.8 Å². The lowest BCUT2D eigenvalue weighted by Gasteiger charge is -2.16. The van der Waals surface area contributed by atoms with Gasteiger partial charge in [-0.2, -0.15) is 0 Å². The molecule has 1 aromatic carbocycles. The predicted octanol–water partition coefficient (Wildman–Crippen LogP) is 3.34. The molecular formula is C14H16FNO. The minimum Gasteiger partial charge on any atom is -0.469 e. The summed E-state index contributed by atoms with van der Waals surface area (Å²) in [6, 6.07) is 7.18. The monoisotopic (exact) mass is 233 g/mol. The molecule has 0 saturated carbocycles. The Balaban J connectivity index is 2.42. The molecule has 0 radical (unpaired) electrons. The SMILES string of the molecule is CNC(c1ccc(C)c(F)c1)c1ccoc1C. The Morgan fingerprint density at radius 1 is 1.24 bits per heavy atom. The van der Waals surface area contributed by atoms with E-state index in [1.807, 2.05) is 26.1 Å². The quantitative estimate of drug-likeness (QED) is 0.879. The molecule has 1 heterocycles. The van der Waals surface area contributed by atoms with Gasteiger partial charge in [0.2, 0.25) is 0 Å². The standard InChI is InChI=1S/C14H16FNO/c1-9-4-5-11(8-13(9)15)14(16-3)12-6-7-17-10(12)2/h4-8,14,16H,1-3H3. The molecule has 0 amide bonds. The zero-order valence-electron chi connectivity index (χ0n) is 10.3. The number of hydrogen-bond donors (Lipinski definition) is 1. The Morgan fingerprint density at radius 2 is 2.00 bits per heavy atom. The Kier molecular flexibility index (Phi) is 3.29. The van der Waals surface area contributed by atoms with Crippen LogP contribution in [0, 0.1) is 19.7 Å². The molecule has 3 heteroatoms. The van der Waals surface area contributed by atoms with Crippen LogP contribution in [0.15, 0.2) is 34.9 Å². The van der Waals surface area contributed by atoms with Gasteiger partial charge in [-0.1, -0.05) is 12.1 Å². The van der Waals surface area contributed by atoms with Gasteiger partial charge in [-0.3, -0.25) is 0 Å². The van der Waals surface area contributed by atoms with E-state index in [4.69, 9.17) is 4.42 Å². The largest absolute Gasteiger partial charge is 0.469 e. The number of halogens is 1. The maximum absolute atomic E-state index is 13.6. The molecule has 0 aliphatic carbocycles. The maximum atomic E-state index is 13.6. The topological polar surface area (TPSA) is 25.2 Å². The number of hydrogen-bond acceptors (Lipinski definition) is 2. The van der Waals surface area contributed by atoms with Crippen molar-refractivity contribution in [3.8, 4) is 0 Å². The number of nitrogens with one attached hydrogen (secondary N) is 1. The minimum absolute atomic E-state index is 0.0381. The van der Waals surface area contributed by atoms with E-state index in [9.17, 15) is 4.39 Å². The molecule has 1 aromatic heterocycles. The first-order valence-corrected chi connectivity index (χ1v) is 5.60. The smallest absolute Gasteiger partial charge is 0.126 e. The average Bonchev–Trinajstić information content (AvgIpc) is 2.71. The summed E-state index contributed by atoms with van der Waals surface area (Å²) in [5.74, 6) is 0.675. The van der Waals surface area contributed by atoms with E-state index in [1.165, 1.54) is 0 Å². The summed E-state index contributed by atoms with van der Waals surface area (Å²) in [6.45, 7) is 3.67. The van der Waals surface area contributed by atoms with E-state index >= 15 is 0 Å². The molecule has 0 saturated heterocycles. The van der Waals surface area contributed by atoms with Crippen LogP contribution in [0.25, 0.3) is 0 Å². The third-order valence-corrected chi connectivity index (χ3v) is 3.03. The number of aryl methyl sites for hydroxylation is 2. The van der Waals surface area contributed by atoms with E-state index in [0.29, 0.717) is 5.56 Å². The molecule has 1 unspecified atom stereocenters. The molecule has 0 bridgehead atoms. The highest BCUT2D eigenvalue weighted by molar-refractivity contribution is 5.34. The van der Waals surface area contributed by atoms with Gasteiger partial charge < -0.3 is 9.73 Å². The summed E-state index contributed by atoms with van der Waals surface area (Å²) in [7, 11) is 1.86. The lowest BCUT2D eigenvalue weighted by molar-refractivity contribution is 0.522. The van der Waals surface area contributed by atoms with Crippen molar-refractivity contribution in [1.82, 2.24) is 5.32 Å². The average molecular weight is 233 g/mol. The zero-order valence-corrected chi connectivity index (χ0v) is 10.3. The van der Waals surface area contributed by atoms with Crippen molar-refractivity contribution in [2.24, 2.45) is 0 Å². The Morgan fingerprint density at radius 3 is 2.53 bits per heavy atom. The van der Waals surface area contributed by atoms with E-state index in [2.05, 4.69) is 5.32 Å². The van der Waals surface area contributed by atoms with Crippen LogP contribution in [-0.4, -0.2) is 7.05 Å². The molecule has 2 aromatic rings. The number of furan rings is 1. The molecule has 2 nitrogen and oxygen atoms in total. The fraction of sp³-hybridized carbons (Fsp3) is 0.286. The lowest BCUT2D eigenvalue weighted by Crippen LogP contribution is -2.18. The van der Waals surface area contributed by atoms with Gasteiger partial charge in [0.1, 0.15) is 11.6 Å². The Bertz CT molecular complexity index is 519. The van der Waals surface area contributed by atoms with Gasteiger partial charge in [-0.15, -0.1) is 0 Å². The van der Waals surface area contributed by atoms with Crippen LogP contribution >= 0.6 is 0 Å². The second kappa shape index (κ2) is 4.72. The summed E-state index contributed by atoms with van der Waals surface area (Å²) in [5.41, 5.74) is 2.60.